The average molecular weight is 888 g/mol. The lowest BCUT2D eigenvalue weighted by Crippen LogP contribution is -2.50. The smallest absolute Gasteiger partial charge is 0.407 e. The number of nitrogens with one attached hydrogen (secondary N) is 3. The van der Waals surface area contributed by atoms with E-state index in [0.717, 1.165) is 90.1 Å². The van der Waals surface area contributed by atoms with E-state index >= 15 is 0 Å². The predicted molar refractivity (Wildman–Crippen MR) is 249 cm³/mol. The molecule has 2 saturated heterocycles. The molecule has 13 nitrogen and oxygen atoms in total. The molecule has 3 aliphatic heterocycles. The molecule has 0 saturated carbocycles. The van der Waals surface area contributed by atoms with Gasteiger partial charge >= 0.3 is 6.09 Å². The maximum Gasteiger partial charge on any atom is 0.407 e. The first kappa shape index (κ1) is 49.8. The fourth-order valence-electron chi connectivity index (χ4n) is 7.84. The minimum Gasteiger partial charge on any atom is -0.453 e. The fraction of sp³-hybridized carbons (Fsp3) is 0.500. The van der Waals surface area contributed by atoms with Crippen molar-refractivity contribution in [3.8, 4) is 33.6 Å². The van der Waals surface area contributed by atoms with Crippen molar-refractivity contribution in [2.75, 3.05) is 40.0 Å². The maximum absolute atomic E-state index is 13.7. The van der Waals surface area contributed by atoms with Gasteiger partial charge in [-0.3, -0.25) is 9.59 Å². The van der Waals surface area contributed by atoms with Gasteiger partial charge < -0.3 is 39.3 Å². The van der Waals surface area contributed by atoms with Crippen LogP contribution in [-0.4, -0.2) is 93.7 Å². The third-order valence-electron chi connectivity index (χ3n) is 11.4. The van der Waals surface area contributed by atoms with Gasteiger partial charge in [0.2, 0.25) is 11.8 Å². The molecule has 2 fully saturated rings. The quantitative estimate of drug-likeness (QED) is 0.183. The zero-order valence-electron chi connectivity index (χ0n) is 34.3. The van der Waals surface area contributed by atoms with Crippen molar-refractivity contribution in [3.05, 3.63) is 72.1 Å². The van der Waals surface area contributed by atoms with E-state index in [1.807, 2.05) is 24.2 Å². The Balaban J connectivity index is 0.00000233. The Labute approximate surface area is 375 Å². The Bertz CT molecular complexity index is 1980. The number of amides is 3. The lowest BCUT2D eigenvalue weighted by atomic mass is 9.96. The number of hydrogen-bond acceptors (Lipinski definition) is 8. The van der Waals surface area contributed by atoms with Gasteiger partial charge in [-0.15, -0.1) is 0 Å². The molecule has 3 amide bonds. The van der Waals surface area contributed by atoms with Crippen LogP contribution in [0.4, 0.5) is 4.79 Å². The number of alkyl carbamates (subject to hydrolysis) is 1. The van der Waals surface area contributed by atoms with E-state index in [-0.39, 0.29) is 90.4 Å². The summed E-state index contributed by atoms with van der Waals surface area (Å²) in [5.74, 6) is 1.80. The van der Waals surface area contributed by atoms with Crippen LogP contribution in [0.2, 0.25) is 0 Å². The molecule has 2 aromatic carbocycles. The first-order valence-electron chi connectivity index (χ1n) is 19.7. The molecule has 2 aromatic heterocycles. The molecule has 4 atom stereocenters. The number of ether oxygens (including phenoxy) is 3. The molecule has 0 unspecified atom stereocenters. The summed E-state index contributed by atoms with van der Waals surface area (Å²) in [6.45, 7) is 9.00. The first-order chi connectivity index (χ1) is 26.7. The zero-order valence-corrected chi connectivity index (χ0v) is 38.3. The van der Waals surface area contributed by atoms with E-state index in [9.17, 15) is 14.4 Å². The Morgan fingerprint density at radius 1 is 0.797 bits per heavy atom. The number of aromatic amines is 2. The number of rotatable bonds is 6. The van der Waals surface area contributed by atoms with Gasteiger partial charge in [0, 0.05) is 37.8 Å². The summed E-state index contributed by atoms with van der Waals surface area (Å²) in [5.41, 5.74) is 6.95. The van der Waals surface area contributed by atoms with Gasteiger partial charge in [-0.2, -0.15) is 54.0 Å². The van der Waals surface area contributed by atoms with Crippen LogP contribution in [0.15, 0.2) is 54.9 Å². The minimum absolute atomic E-state index is 0. The Kier molecular flexibility index (Phi) is 19.3. The molecule has 3 N–H and O–H groups in total. The van der Waals surface area contributed by atoms with Crippen molar-refractivity contribution in [2.24, 2.45) is 11.8 Å². The summed E-state index contributed by atoms with van der Waals surface area (Å²) in [7, 11) is 1.28. The van der Waals surface area contributed by atoms with Gasteiger partial charge in [0.15, 0.2) is 0 Å². The van der Waals surface area contributed by atoms with E-state index in [1.54, 1.807) is 4.90 Å². The largest absolute Gasteiger partial charge is 0.453 e. The number of aromatic nitrogens is 4. The molecule has 0 spiro atoms. The molecule has 0 aliphatic carbocycles. The summed E-state index contributed by atoms with van der Waals surface area (Å²) in [6.07, 6.45) is 8.02. The van der Waals surface area contributed by atoms with E-state index in [4.69, 9.17) is 24.2 Å². The lowest BCUT2D eigenvalue weighted by Gasteiger charge is -2.28. The highest BCUT2D eigenvalue weighted by molar-refractivity contribution is 7.59. The molecule has 4 aromatic rings. The Morgan fingerprint density at radius 2 is 1.41 bits per heavy atom. The summed E-state index contributed by atoms with van der Waals surface area (Å²) in [6, 6.07) is 13.7. The molecule has 0 radical (unpaired) electrons. The number of hydrogen-bond donors (Lipinski definition) is 3. The Morgan fingerprint density at radius 3 is 2.12 bits per heavy atom. The zero-order chi connectivity index (χ0) is 38.5. The van der Waals surface area contributed by atoms with Crippen LogP contribution in [0.1, 0.15) is 88.6 Å². The number of carbonyl (C=O) groups excluding carboxylic acids is 3. The van der Waals surface area contributed by atoms with Crippen LogP contribution in [0, 0.1) is 11.8 Å². The number of benzene rings is 2. The molecule has 17 heteroatoms. The molecule has 59 heavy (non-hydrogen) atoms. The SMILES string of the molecule is COC(=O)N[C@H]1COCCCCOCc2cc(-c3ccc(-c4cnc([C@@H]5CCCN5C(=O)[C@@H](C)C(C)C)[nH]4)cc3)ccc2-c2cnc([nH]2)[C@@H]2CCCN2C1=O.S.S.S.S. The molecular formula is C42H61N7O6S4. The van der Waals surface area contributed by atoms with Crippen LogP contribution in [0.3, 0.4) is 0 Å². The average Bonchev–Trinajstić information content (AvgIpc) is 4.04. The first-order valence-corrected chi connectivity index (χ1v) is 19.7. The van der Waals surface area contributed by atoms with Crippen molar-refractivity contribution in [3.63, 3.8) is 0 Å². The number of imidazole rings is 2. The highest BCUT2D eigenvalue weighted by Crippen LogP contribution is 2.36. The Hall–Kier alpha value is -3.61. The van der Waals surface area contributed by atoms with Gasteiger partial charge in [-0.25, -0.2) is 14.8 Å². The van der Waals surface area contributed by atoms with Crippen LogP contribution in [-0.2, 0) is 30.4 Å². The predicted octanol–water partition coefficient (Wildman–Crippen LogP) is 7.26. The van der Waals surface area contributed by atoms with Gasteiger partial charge in [-0.05, 0) is 72.8 Å². The monoisotopic (exact) mass is 887 g/mol. The van der Waals surface area contributed by atoms with Gasteiger partial charge in [0.25, 0.3) is 0 Å². The molecule has 2 bridgehead atoms. The highest BCUT2D eigenvalue weighted by atomic mass is 32.1. The number of fused-ring (bicyclic) bond motifs is 6. The van der Waals surface area contributed by atoms with Crippen LogP contribution in [0.25, 0.3) is 33.6 Å². The second kappa shape index (κ2) is 22.8. The second-order valence-corrected chi connectivity index (χ2v) is 15.2. The van der Waals surface area contributed by atoms with Gasteiger partial charge in [0.1, 0.15) is 17.7 Å². The summed E-state index contributed by atoms with van der Waals surface area (Å²) in [5, 5.41) is 2.66. The molecular weight excluding hydrogens is 827 g/mol. The third-order valence-corrected chi connectivity index (χ3v) is 11.4. The summed E-state index contributed by atoms with van der Waals surface area (Å²) < 4.78 is 16.9. The van der Waals surface area contributed by atoms with E-state index in [1.165, 1.54) is 7.11 Å². The van der Waals surface area contributed by atoms with Crippen molar-refractivity contribution in [2.45, 2.75) is 84.0 Å². The maximum atomic E-state index is 13.7. The van der Waals surface area contributed by atoms with E-state index in [2.05, 4.69) is 71.6 Å². The van der Waals surface area contributed by atoms with Crippen molar-refractivity contribution < 1.29 is 28.6 Å². The van der Waals surface area contributed by atoms with E-state index in [0.29, 0.717) is 38.1 Å². The van der Waals surface area contributed by atoms with Crippen molar-refractivity contribution in [1.29, 1.82) is 0 Å². The van der Waals surface area contributed by atoms with Crippen molar-refractivity contribution in [1.82, 2.24) is 35.1 Å². The van der Waals surface area contributed by atoms with Crippen molar-refractivity contribution >= 4 is 71.9 Å². The lowest BCUT2D eigenvalue weighted by molar-refractivity contribution is -0.137. The van der Waals surface area contributed by atoms with E-state index < -0.39 is 12.1 Å². The molecule has 324 valence electrons. The van der Waals surface area contributed by atoms with Crippen LogP contribution in [0.5, 0.6) is 0 Å². The van der Waals surface area contributed by atoms with Crippen LogP contribution < -0.4 is 5.32 Å². The topological polar surface area (TPSA) is 155 Å². The minimum atomic E-state index is -0.863. The molecule has 5 heterocycles. The highest BCUT2D eigenvalue weighted by Gasteiger charge is 2.37. The summed E-state index contributed by atoms with van der Waals surface area (Å²) in [4.78, 5) is 59.4. The standard InChI is InChI=1S/C42H53N7O6.4H2S/c1-26(2)27(3)40(50)48-17-7-9-36(48)38-43-22-33(45-38)29-13-11-28(12-14-29)30-15-16-32-31(21-30)24-54-19-5-6-20-55-25-35(47-42(52)53-4)41(51)49-18-8-10-37(49)39-44-23-34(32)46-39;;;;/h11-16,21-23,26-27,35-37H,5-10,17-20,24-25H2,1-4H3,(H,43,45)(H,44,46)(H,47,52);4*1H2/t27-,35-,36-,37-;;;;/m0..../s1. The normalized spacial score (nSPS) is 20.1. The van der Waals surface area contributed by atoms with Gasteiger partial charge in [0.05, 0.1) is 56.2 Å². The second-order valence-electron chi connectivity index (χ2n) is 15.2. The number of carbonyl (C=O) groups is 3. The number of methoxy groups -OCH3 is 1. The number of likely N-dealkylation sites (tertiary alicyclic amines) is 1. The molecule has 3 aliphatic rings. The number of nitrogens with zero attached hydrogens (tertiary/aromatic N) is 4. The van der Waals surface area contributed by atoms with Gasteiger partial charge in [-0.1, -0.05) is 57.2 Å². The number of H-pyrrole nitrogens is 2. The van der Waals surface area contributed by atoms with Crippen LogP contribution >= 0.6 is 54.0 Å². The fourth-order valence-corrected chi connectivity index (χ4v) is 7.84. The summed E-state index contributed by atoms with van der Waals surface area (Å²) >= 11 is 0. The third kappa shape index (κ3) is 11.4. The molecule has 7 rings (SSSR count).